The first kappa shape index (κ1) is 20.8. The van der Waals surface area contributed by atoms with Crippen molar-refractivity contribution in [2.45, 2.75) is 45.6 Å². The summed E-state index contributed by atoms with van der Waals surface area (Å²) in [5.74, 6) is -1.41. The van der Waals surface area contributed by atoms with Gasteiger partial charge < -0.3 is 9.64 Å². The predicted octanol–water partition coefficient (Wildman–Crippen LogP) is 4.20. The minimum absolute atomic E-state index is 0.0999. The number of benzene rings is 2. The summed E-state index contributed by atoms with van der Waals surface area (Å²) in [4.78, 5) is 39.0. The highest BCUT2D eigenvalue weighted by molar-refractivity contribution is 6.02. The Labute approximate surface area is 171 Å². The Morgan fingerprint density at radius 2 is 1.79 bits per heavy atom. The van der Waals surface area contributed by atoms with Crippen LogP contribution in [0.5, 0.6) is 0 Å². The van der Waals surface area contributed by atoms with E-state index in [2.05, 4.69) is 6.92 Å². The van der Waals surface area contributed by atoms with E-state index in [1.54, 1.807) is 36.1 Å². The van der Waals surface area contributed by atoms with E-state index in [1.165, 1.54) is 5.56 Å². The molecular weight excluding hydrogens is 366 g/mol. The third kappa shape index (κ3) is 5.11. The van der Waals surface area contributed by atoms with Gasteiger partial charge in [0.25, 0.3) is 0 Å². The second-order valence-corrected chi connectivity index (χ2v) is 7.48. The van der Waals surface area contributed by atoms with Crippen LogP contribution in [-0.4, -0.2) is 30.3 Å². The molecule has 0 spiro atoms. The molecule has 5 heteroatoms. The van der Waals surface area contributed by atoms with Crippen LogP contribution in [0.3, 0.4) is 0 Å². The summed E-state index contributed by atoms with van der Waals surface area (Å²) >= 11 is 0. The number of rotatable bonds is 8. The molecule has 2 atom stereocenters. The Balaban J connectivity index is 1.59. The smallest absolute Gasteiger partial charge is 0.312 e. The van der Waals surface area contributed by atoms with Crippen LogP contribution in [0.15, 0.2) is 54.6 Å². The van der Waals surface area contributed by atoms with Gasteiger partial charge in [0, 0.05) is 24.2 Å². The molecule has 0 N–H and O–H groups in total. The van der Waals surface area contributed by atoms with Crippen molar-refractivity contribution in [3.8, 4) is 0 Å². The number of carbonyl (C=O) groups is 3. The zero-order valence-electron chi connectivity index (χ0n) is 17.0. The van der Waals surface area contributed by atoms with E-state index in [1.807, 2.05) is 30.3 Å². The Morgan fingerprint density at radius 1 is 1.10 bits per heavy atom. The molecule has 2 aromatic rings. The summed E-state index contributed by atoms with van der Waals surface area (Å²) in [5, 5.41) is 0. The quantitative estimate of drug-likeness (QED) is 0.498. The number of unbranched alkanes of at least 4 members (excludes halogenated alkanes) is 1. The van der Waals surface area contributed by atoms with Gasteiger partial charge in [-0.1, -0.05) is 55.8 Å². The summed E-state index contributed by atoms with van der Waals surface area (Å²) in [6.07, 6.45) is 2.51. The molecule has 1 aliphatic rings. The van der Waals surface area contributed by atoms with Crippen LogP contribution in [0.1, 0.15) is 49.0 Å². The van der Waals surface area contributed by atoms with Crippen molar-refractivity contribution in [2.24, 2.45) is 5.92 Å². The molecule has 0 saturated carbocycles. The fourth-order valence-electron chi connectivity index (χ4n) is 3.50. The van der Waals surface area contributed by atoms with Crippen LogP contribution in [0, 0.1) is 5.92 Å². The van der Waals surface area contributed by atoms with Crippen LogP contribution in [0.4, 0.5) is 5.69 Å². The molecule has 1 heterocycles. The molecule has 5 nitrogen and oxygen atoms in total. The van der Waals surface area contributed by atoms with Gasteiger partial charge in [0.15, 0.2) is 6.10 Å². The van der Waals surface area contributed by atoms with E-state index < -0.39 is 18.0 Å². The highest BCUT2D eigenvalue weighted by atomic mass is 16.5. The van der Waals surface area contributed by atoms with Crippen LogP contribution in [-0.2, 0) is 20.7 Å². The zero-order chi connectivity index (χ0) is 20.8. The number of anilines is 1. The zero-order valence-corrected chi connectivity index (χ0v) is 17.0. The minimum Gasteiger partial charge on any atom is -0.454 e. The topological polar surface area (TPSA) is 63.7 Å². The van der Waals surface area contributed by atoms with Gasteiger partial charge in [-0.25, -0.2) is 0 Å². The van der Waals surface area contributed by atoms with Crippen LogP contribution >= 0.6 is 0 Å². The van der Waals surface area contributed by atoms with Crippen molar-refractivity contribution < 1.29 is 19.1 Å². The van der Waals surface area contributed by atoms with E-state index in [0.717, 1.165) is 24.9 Å². The highest BCUT2D eigenvalue weighted by Crippen LogP contribution is 2.27. The van der Waals surface area contributed by atoms with Gasteiger partial charge in [-0.05, 0) is 37.5 Å². The summed E-state index contributed by atoms with van der Waals surface area (Å²) in [7, 11) is 0. The number of hydrogen-bond donors (Lipinski definition) is 0. The third-order valence-corrected chi connectivity index (χ3v) is 5.25. The number of aryl methyl sites for hydroxylation is 1. The molecule has 1 amide bonds. The fourth-order valence-corrected chi connectivity index (χ4v) is 3.50. The number of ether oxygens (including phenoxy) is 1. The fraction of sp³-hybridized carbons (Fsp3) is 0.375. The number of carbonyl (C=O) groups excluding carboxylic acids is 3. The van der Waals surface area contributed by atoms with Crippen LogP contribution in [0.2, 0.25) is 0 Å². The molecule has 1 saturated heterocycles. The molecule has 0 radical (unpaired) electrons. The Hall–Kier alpha value is -2.95. The summed E-state index contributed by atoms with van der Waals surface area (Å²) in [5.41, 5.74) is 2.53. The highest BCUT2D eigenvalue weighted by Gasteiger charge is 2.37. The minimum atomic E-state index is -0.882. The van der Waals surface area contributed by atoms with E-state index in [0.29, 0.717) is 5.56 Å². The molecule has 2 aromatic carbocycles. The predicted molar refractivity (Wildman–Crippen MR) is 112 cm³/mol. The van der Waals surface area contributed by atoms with Crippen molar-refractivity contribution in [3.63, 3.8) is 0 Å². The van der Waals surface area contributed by atoms with Crippen LogP contribution in [0.25, 0.3) is 0 Å². The molecule has 0 aliphatic carbocycles. The molecular formula is C24H27NO4. The lowest BCUT2D eigenvalue weighted by Gasteiger charge is -2.18. The second kappa shape index (κ2) is 9.50. The van der Waals surface area contributed by atoms with Crippen molar-refractivity contribution in [1.82, 2.24) is 0 Å². The molecule has 1 aliphatic heterocycles. The SMILES string of the molecule is CCCCc1ccc(N2C[C@@H](C(=O)O[C@@H](C)C(=O)c3ccccc3)CC2=O)cc1. The third-order valence-electron chi connectivity index (χ3n) is 5.25. The number of esters is 1. The lowest BCUT2D eigenvalue weighted by Crippen LogP contribution is -2.30. The second-order valence-electron chi connectivity index (χ2n) is 7.48. The number of ketones is 1. The van der Waals surface area contributed by atoms with Gasteiger partial charge in [-0.2, -0.15) is 0 Å². The molecule has 152 valence electrons. The first-order valence-corrected chi connectivity index (χ1v) is 10.2. The van der Waals surface area contributed by atoms with Crippen molar-refractivity contribution in [3.05, 3.63) is 65.7 Å². The van der Waals surface area contributed by atoms with Gasteiger partial charge in [-0.15, -0.1) is 0 Å². The number of nitrogens with zero attached hydrogens (tertiary/aromatic N) is 1. The average Bonchev–Trinajstić information content (AvgIpc) is 3.14. The number of Topliss-reactive ketones (excluding diaryl/α,β-unsaturated/α-hetero) is 1. The maximum atomic E-state index is 12.5. The average molecular weight is 393 g/mol. The molecule has 3 rings (SSSR count). The first-order valence-electron chi connectivity index (χ1n) is 10.2. The number of hydrogen-bond acceptors (Lipinski definition) is 4. The van der Waals surface area contributed by atoms with Gasteiger partial charge in [-0.3, -0.25) is 14.4 Å². The Bertz CT molecular complexity index is 860. The van der Waals surface area contributed by atoms with Gasteiger partial charge in [0.1, 0.15) is 0 Å². The standard InChI is InChI=1S/C24H27NO4/c1-3-4-8-18-11-13-21(14-12-18)25-16-20(15-22(25)26)24(28)29-17(2)23(27)19-9-6-5-7-10-19/h5-7,9-14,17,20H,3-4,8,15-16H2,1-2H3/t17-,20-/m0/s1. The molecule has 29 heavy (non-hydrogen) atoms. The first-order chi connectivity index (χ1) is 14.0. The van der Waals surface area contributed by atoms with Crippen molar-refractivity contribution in [2.75, 3.05) is 11.4 Å². The van der Waals surface area contributed by atoms with E-state index in [-0.39, 0.29) is 24.7 Å². The van der Waals surface area contributed by atoms with Gasteiger partial charge in [0.05, 0.1) is 5.92 Å². The van der Waals surface area contributed by atoms with Crippen molar-refractivity contribution in [1.29, 1.82) is 0 Å². The van der Waals surface area contributed by atoms with E-state index in [4.69, 9.17) is 4.74 Å². The molecule has 0 unspecified atom stereocenters. The summed E-state index contributed by atoms with van der Waals surface area (Å²) in [6, 6.07) is 16.7. The summed E-state index contributed by atoms with van der Waals surface area (Å²) in [6.45, 7) is 4.00. The normalized spacial score (nSPS) is 17.2. The van der Waals surface area contributed by atoms with Crippen LogP contribution < -0.4 is 4.90 Å². The largest absolute Gasteiger partial charge is 0.454 e. The Morgan fingerprint density at radius 3 is 2.45 bits per heavy atom. The lowest BCUT2D eigenvalue weighted by molar-refractivity contribution is -0.151. The summed E-state index contributed by atoms with van der Waals surface area (Å²) < 4.78 is 5.38. The molecule has 0 aromatic heterocycles. The maximum absolute atomic E-state index is 12.5. The van der Waals surface area contributed by atoms with Crippen molar-refractivity contribution >= 4 is 23.3 Å². The molecule has 1 fully saturated rings. The van der Waals surface area contributed by atoms with Gasteiger partial charge in [0.2, 0.25) is 11.7 Å². The van der Waals surface area contributed by atoms with Gasteiger partial charge >= 0.3 is 5.97 Å². The number of amides is 1. The Kier molecular flexibility index (Phi) is 6.81. The lowest BCUT2D eigenvalue weighted by atomic mass is 10.1. The van der Waals surface area contributed by atoms with E-state index >= 15 is 0 Å². The maximum Gasteiger partial charge on any atom is 0.312 e. The molecule has 0 bridgehead atoms. The van der Waals surface area contributed by atoms with E-state index in [9.17, 15) is 14.4 Å². The monoisotopic (exact) mass is 393 g/mol.